The molecule has 0 aromatic heterocycles. The Morgan fingerprint density at radius 2 is 2.07 bits per heavy atom. The average molecular weight is 251 g/mol. The molecule has 0 saturated carbocycles. The number of rotatable bonds is 2. The zero-order valence-electron chi connectivity index (χ0n) is 8.25. The van der Waals surface area contributed by atoms with Gasteiger partial charge in [-0.25, -0.2) is 9.86 Å². The van der Waals surface area contributed by atoms with Crippen LogP contribution in [-0.2, 0) is 4.84 Å². The molecule has 2 amide bonds. The second-order valence-corrected chi connectivity index (χ2v) is 3.55. The van der Waals surface area contributed by atoms with Crippen molar-refractivity contribution in [1.82, 2.24) is 5.06 Å². The molecular formula is C9H10Cl2N2O2. The number of anilines is 1. The van der Waals surface area contributed by atoms with E-state index in [4.69, 9.17) is 28.0 Å². The van der Waals surface area contributed by atoms with Gasteiger partial charge in [-0.05, 0) is 18.2 Å². The minimum Gasteiger partial charge on any atom is -0.306 e. The van der Waals surface area contributed by atoms with Gasteiger partial charge in [-0.15, -0.1) is 0 Å². The summed E-state index contributed by atoms with van der Waals surface area (Å²) < 4.78 is 0. The van der Waals surface area contributed by atoms with Crippen LogP contribution in [0.2, 0.25) is 10.0 Å². The summed E-state index contributed by atoms with van der Waals surface area (Å²) in [7, 11) is 2.89. The number of nitrogens with one attached hydrogen (secondary N) is 1. The van der Waals surface area contributed by atoms with Gasteiger partial charge in [0.1, 0.15) is 0 Å². The molecule has 0 aliphatic rings. The van der Waals surface area contributed by atoms with E-state index >= 15 is 0 Å². The van der Waals surface area contributed by atoms with E-state index in [-0.39, 0.29) is 0 Å². The van der Waals surface area contributed by atoms with Gasteiger partial charge >= 0.3 is 6.03 Å². The van der Waals surface area contributed by atoms with Crippen molar-refractivity contribution in [3.8, 4) is 0 Å². The highest BCUT2D eigenvalue weighted by Gasteiger charge is 2.08. The molecule has 0 bridgehead atoms. The maximum Gasteiger partial charge on any atom is 0.345 e. The molecule has 0 unspecified atom stereocenters. The molecular weight excluding hydrogens is 241 g/mol. The number of carbonyl (C=O) groups is 1. The third kappa shape index (κ3) is 3.27. The zero-order chi connectivity index (χ0) is 11.4. The lowest BCUT2D eigenvalue weighted by molar-refractivity contribution is -0.0598. The molecule has 0 atom stereocenters. The second-order valence-electron chi connectivity index (χ2n) is 2.74. The molecule has 0 radical (unpaired) electrons. The van der Waals surface area contributed by atoms with Gasteiger partial charge in [0.25, 0.3) is 0 Å². The predicted octanol–water partition coefficient (Wildman–Crippen LogP) is 3.02. The molecule has 1 rings (SSSR count). The fourth-order valence-electron chi connectivity index (χ4n) is 0.859. The lowest BCUT2D eigenvalue weighted by Crippen LogP contribution is -2.30. The number of halogens is 2. The topological polar surface area (TPSA) is 41.6 Å². The number of nitrogens with zero attached hydrogens (tertiary/aromatic N) is 1. The van der Waals surface area contributed by atoms with Crippen LogP contribution in [0.3, 0.4) is 0 Å². The van der Waals surface area contributed by atoms with E-state index in [2.05, 4.69) is 5.32 Å². The van der Waals surface area contributed by atoms with Crippen molar-refractivity contribution < 1.29 is 9.63 Å². The van der Waals surface area contributed by atoms with Crippen LogP contribution in [0.25, 0.3) is 0 Å². The van der Waals surface area contributed by atoms with Crippen LogP contribution in [0.1, 0.15) is 0 Å². The molecule has 15 heavy (non-hydrogen) atoms. The Balaban J connectivity index is 2.73. The smallest absolute Gasteiger partial charge is 0.306 e. The SMILES string of the molecule is CON(C)[14C](=O)Nc1ccc(Cl)c(Cl)c1. The monoisotopic (exact) mass is 250 g/mol. The quantitative estimate of drug-likeness (QED) is 0.821. The van der Waals surface area contributed by atoms with Crippen LogP contribution in [0.15, 0.2) is 18.2 Å². The molecule has 0 aliphatic carbocycles. The Hall–Kier alpha value is -0.970. The highest BCUT2D eigenvalue weighted by Crippen LogP contribution is 2.25. The van der Waals surface area contributed by atoms with E-state index in [1.54, 1.807) is 18.2 Å². The predicted molar refractivity (Wildman–Crippen MR) is 60.3 cm³/mol. The van der Waals surface area contributed by atoms with E-state index in [9.17, 15) is 4.79 Å². The summed E-state index contributed by atoms with van der Waals surface area (Å²) in [5.41, 5.74) is 0.554. The molecule has 4 nitrogen and oxygen atoms in total. The first-order valence-electron chi connectivity index (χ1n) is 4.08. The first-order valence-corrected chi connectivity index (χ1v) is 4.84. The Bertz CT molecular complexity index is 371. The maximum atomic E-state index is 11.4. The lowest BCUT2D eigenvalue weighted by Gasteiger charge is -2.14. The normalized spacial score (nSPS) is 9.87. The van der Waals surface area contributed by atoms with Crippen LogP contribution < -0.4 is 5.32 Å². The highest BCUT2D eigenvalue weighted by molar-refractivity contribution is 6.42. The van der Waals surface area contributed by atoms with Crippen LogP contribution in [0.5, 0.6) is 0 Å². The Morgan fingerprint density at radius 3 is 2.60 bits per heavy atom. The van der Waals surface area contributed by atoms with E-state index in [1.807, 2.05) is 0 Å². The third-order valence-electron chi connectivity index (χ3n) is 1.73. The number of carbonyl (C=O) groups excluding carboxylic acids is 1. The fourth-order valence-corrected chi connectivity index (χ4v) is 1.16. The van der Waals surface area contributed by atoms with Gasteiger partial charge in [0.15, 0.2) is 0 Å². The van der Waals surface area contributed by atoms with Crippen molar-refractivity contribution in [3.63, 3.8) is 0 Å². The largest absolute Gasteiger partial charge is 0.345 e. The minimum absolute atomic E-state index is 0.384. The Kier molecular flexibility index (Phi) is 4.20. The number of hydrogen-bond donors (Lipinski definition) is 1. The van der Waals surface area contributed by atoms with E-state index in [0.29, 0.717) is 15.7 Å². The average Bonchev–Trinajstić information content (AvgIpc) is 2.22. The van der Waals surface area contributed by atoms with Crippen LogP contribution in [0.4, 0.5) is 10.5 Å². The van der Waals surface area contributed by atoms with Gasteiger partial charge in [0, 0.05) is 12.7 Å². The number of hydroxylamine groups is 2. The summed E-state index contributed by atoms with van der Waals surface area (Å²) in [4.78, 5) is 16.1. The van der Waals surface area contributed by atoms with Crippen molar-refractivity contribution >= 4 is 34.9 Å². The van der Waals surface area contributed by atoms with Gasteiger partial charge in [0.2, 0.25) is 0 Å². The third-order valence-corrected chi connectivity index (χ3v) is 2.47. The second kappa shape index (κ2) is 5.21. The highest BCUT2D eigenvalue weighted by atomic mass is 35.5. The molecule has 0 aliphatic heterocycles. The Labute approximate surface area is 97.7 Å². The van der Waals surface area contributed by atoms with Gasteiger partial charge in [0.05, 0.1) is 17.2 Å². The molecule has 1 N–H and O–H groups in total. The minimum atomic E-state index is -0.393. The summed E-state index contributed by atoms with van der Waals surface area (Å²) >= 11 is 11.5. The van der Waals surface area contributed by atoms with Gasteiger partial charge in [-0.3, -0.25) is 4.84 Å². The molecule has 0 saturated heterocycles. The Morgan fingerprint density at radius 1 is 1.40 bits per heavy atom. The summed E-state index contributed by atoms with van der Waals surface area (Å²) in [5, 5.41) is 4.46. The lowest BCUT2D eigenvalue weighted by atomic mass is 10.3. The van der Waals surface area contributed by atoms with Crippen LogP contribution in [-0.4, -0.2) is 25.3 Å². The maximum absolute atomic E-state index is 11.4. The first kappa shape index (κ1) is 12.1. The van der Waals surface area contributed by atoms with E-state index in [1.165, 1.54) is 14.2 Å². The molecule has 1 aromatic carbocycles. The van der Waals surface area contributed by atoms with E-state index in [0.717, 1.165) is 5.06 Å². The van der Waals surface area contributed by atoms with Gasteiger partial charge < -0.3 is 5.32 Å². The number of hydrogen-bond acceptors (Lipinski definition) is 2. The van der Waals surface area contributed by atoms with Crippen molar-refractivity contribution in [3.05, 3.63) is 28.2 Å². The van der Waals surface area contributed by atoms with Crippen molar-refractivity contribution in [1.29, 1.82) is 0 Å². The molecule has 6 heteroatoms. The number of benzene rings is 1. The van der Waals surface area contributed by atoms with Crippen LogP contribution >= 0.6 is 23.2 Å². The number of amides is 2. The van der Waals surface area contributed by atoms with Crippen molar-refractivity contribution in [2.24, 2.45) is 0 Å². The van der Waals surface area contributed by atoms with Crippen molar-refractivity contribution in [2.75, 3.05) is 19.5 Å². The van der Waals surface area contributed by atoms with Gasteiger partial charge in [-0.2, -0.15) is 0 Å². The molecule has 1 aromatic rings. The number of urea groups is 1. The molecule has 82 valence electrons. The zero-order valence-corrected chi connectivity index (χ0v) is 9.76. The summed E-state index contributed by atoms with van der Waals surface area (Å²) in [6.45, 7) is 0. The fraction of sp³-hybridized carbons (Fsp3) is 0.222. The van der Waals surface area contributed by atoms with Gasteiger partial charge in [-0.1, -0.05) is 23.2 Å². The summed E-state index contributed by atoms with van der Waals surface area (Å²) in [6.07, 6.45) is 0. The first-order chi connectivity index (χ1) is 7.04. The molecule has 0 spiro atoms. The van der Waals surface area contributed by atoms with Crippen LogP contribution in [0, 0.1) is 0 Å². The standard InChI is InChI=1S/C9H10Cl2N2O2/c1-13(15-2)9(14)12-6-3-4-7(10)8(11)5-6/h3-5H,1-2H3,(H,12,14)/i9+2. The summed E-state index contributed by atoms with van der Waals surface area (Å²) in [6, 6.07) is 4.42. The van der Waals surface area contributed by atoms with Crippen molar-refractivity contribution in [2.45, 2.75) is 0 Å². The van der Waals surface area contributed by atoms with E-state index < -0.39 is 6.03 Å². The molecule has 0 heterocycles. The molecule has 0 fully saturated rings. The summed E-state index contributed by atoms with van der Waals surface area (Å²) in [5.74, 6) is 0.